The molecule has 0 radical (unpaired) electrons. The van der Waals surface area contributed by atoms with Gasteiger partial charge in [-0.3, -0.25) is 9.78 Å². The molecule has 3 aliphatic rings. The van der Waals surface area contributed by atoms with Crippen LogP contribution < -0.4 is 0 Å². The minimum Gasteiger partial charge on any atom is -0.340 e. The van der Waals surface area contributed by atoms with E-state index in [1.165, 1.54) is 22.8 Å². The molecule has 30 heavy (non-hydrogen) atoms. The quantitative estimate of drug-likeness (QED) is 0.701. The third kappa shape index (κ3) is 4.29. The molecule has 1 aromatic rings. The van der Waals surface area contributed by atoms with Crippen LogP contribution in [-0.4, -0.2) is 96.7 Å². The van der Waals surface area contributed by atoms with Gasteiger partial charge in [0, 0.05) is 64.8 Å². The first-order valence-corrected chi connectivity index (χ1v) is 12.1. The Morgan fingerprint density at radius 2 is 1.60 bits per heavy atom. The van der Waals surface area contributed by atoms with E-state index < -0.39 is 10.0 Å². The highest BCUT2D eigenvalue weighted by Crippen LogP contribution is 2.23. The van der Waals surface area contributed by atoms with Gasteiger partial charge in [0.05, 0.1) is 5.92 Å². The Kier molecular flexibility index (Phi) is 6.24. The van der Waals surface area contributed by atoms with Crippen molar-refractivity contribution in [3.63, 3.8) is 0 Å². The molecule has 4 rings (SSSR count). The molecule has 0 aliphatic carbocycles. The predicted molar refractivity (Wildman–Crippen MR) is 110 cm³/mol. The molecule has 0 bridgehead atoms. The second kappa shape index (κ2) is 8.89. The Morgan fingerprint density at radius 1 is 0.900 bits per heavy atom. The predicted octanol–water partition coefficient (Wildman–Crippen LogP) is 0.842. The van der Waals surface area contributed by atoms with Crippen molar-refractivity contribution in [3.05, 3.63) is 24.5 Å². The van der Waals surface area contributed by atoms with E-state index in [-0.39, 0.29) is 35.8 Å². The summed E-state index contributed by atoms with van der Waals surface area (Å²) in [6.07, 6.45) is 6.59. The number of amides is 3. The normalized spacial score (nSPS) is 23.6. The van der Waals surface area contributed by atoms with Gasteiger partial charge in [-0.2, -0.15) is 4.31 Å². The topological polar surface area (TPSA) is 94.1 Å². The summed E-state index contributed by atoms with van der Waals surface area (Å²) in [4.78, 5) is 35.3. The van der Waals surface area contributed by atoms with Crippen LogP contribution in [0.4, 0.5) is 4.79 Å². The molecule has 3 amide bonds. The van der Waals surface area contributed by atoms with E-state index in [1.807, 2.05) is 9.80 Å². The Labute approximate surface area is 177 Å². The summed E-state index contributed by atoms with van der Waals surface area (Å²) in [5.41, 5.74) is 0. The lowest BCUT2D eigenvalue weighted by Gasteiger charge is -2.39. The van der Waals surface area contributed by atoms with E-state index in [4.69, 9.17) is 0 Å². The summed E-state index contributed by atoms with van der Waals surface area (Å²) in [7, 11) is -3.59. The fraction of sp³-hybridized carbons (Fsp3) is 0.650. The lowest BCUT2D eigenvalue weighted by atomic mass is 9.96. The molecular formula is C20H29N5O4S. The van der Waals surface area contributed by atoms with E-state index in [0.29, 0.717) is 26.2 Å². The minimum absolute atomic E-state index is 0.0346. The van der Waals surface area contributed by atoms with Crippen molar-refractivity contribution < 1.29 is 18.0 Å². The zero-order valence-corrected chi connectivity index (χ0v) is 18.0. The molecule has 1 aromatic heterocycles. The first-order chi connectivity index (χ1) is 14.5. The third-order valence-corrected chi connectivity index (χ3v) is 8.12. The molecule has 0 N–H and O–H groups in total. The molecule has 0 aromatic carbocycles. The van der Waals surface area contributed by atoms with Crippen molar-refractivity contribution in [1.82, 2.24) is 24.0 Å². The summed E-state index contributed by atoms with van der Waals surface area (Å²) < 4.78 is 26.9. The molecule has 0 spiro atoms. The number of hydrogen-bond donors (Lipinski definition) is 0. The number of carbonyl (C=O) groups is 2. The van der Waals surface area contributed by atoms with Gasteiger partial charge < -0.3 is 14.7 Å². The van der Waals surface area contributed by atoms with Crippen molar-refractivity contribution in [2.24, 2.45) is 5.92 Å². The van der Waals surface area contributed by atoms with Gasteiger partial charge in [-0.25, -0.2) is 13.2 Å². The van der Waals surface area contributed by atoms with Crippen molar-refractivity contribution in [2.75, 3.05) is 52.4 Å². The Morgan fingerprint density at radius 3 is 2.27 bits per heavy atom. The molecule has 1 unspecified atom stereocenters. The number of piperidine rings is 1. The maximum absolute atomic E-state index is 13.1. The van der Waals surface area contributed by atoms with Gasteiger partial charge in [0.2, 0.25) is 15.9 Å². The molecule has 3 aliphatic heterocycles. The van der Waals surface area contributed by atoms with E-state index in [9.17, 15) is 18.0 Å². The molecule has 4 heterocycles. The van der Waals surface area contributed by atoms with Crippen LogP contribution in [0.5, 0.6) is 0 Å². The van der Waals surface area contributed by atoms with Crippen molar-refractivity contribution in [1.29, 1.82) is 0 Å². The maximum atomic E-state index is 13.1. The SMILES string of the molecule is O=C(C1CCCN(C(=O)N2CCCC2)C1)N1CCN(S(=O)(=O)c2cccnc2)CC1. The van der Waals surface area contributed by atoms with Gasteiger partial charge in [-0.15, -0.1) is 0 Å². The zero-order chi connectivity index (χ0) is 21.1. The maximum Gasteiger partial charge on any atom is 0.320 e. The number of sulfonamides is 1. The van der Waals surface area contributed by atoms with Crippen molar-refractivity contribution in [3.8, 4) is 0 Å². The van der Waals surface area contributed by atoms with Gasteiger partial charge >= 0.3 is 6.03 Å². The smallest absolute Gasteiger partial charge is 0.320 e. The third-order valence-electron chi connectivity index (χ3n) is 6.24. The number of aromatic nitrogens is 1. The number of pyridine rings is 1. The first kappa shape index (κ1) is 21.0. The van der Waals surface area contributed by atoms with Crippen molar-refractivity contribution in [2.45, 2.75) is 30.6 Å². The zero-order valence-electron chi connectivity index (χ0n) is 17.1. The Hall–Kier alpha value is -2.20. The van der Waals surface area contributed by atoms with Crippen LogP contribution in [0.2, 0.25) is 0 Å². The number of rotatable bonds is 3. The molecule has 3 fully saturated rings. The number of hydrogen-bond acceptors (Lipinski definition) is 5. The largest absolute Gasteiger partial charge is 0.340 e. The lowest BCUT2D eigenvalue weighted by molar-refractivity contribution is -0.138. The first-order valence-electron chi connectivity index (χ1n) is 10.7. The highest BCUT2D eigenvalue weighted by Gasteiger charge is 2.36. The van der Waals surface area contributed by atoms with Crippen LogP contribution in [0.25, 0.3) is 0 Å². The van der Waals surface area contributed by atoms with E-state index in [1.54, 1.807) is 11.0 Å². The number of urea groups is 1. The highest BCUT2D eigenvalue weighted by atomic mass is 32.2. The molecular weight excluding hydrogens is 406 g/mol. The Balaban J connectivity index is 1.33. The van der Waals surface area contributed by atoms with Crippen LogP contribution in [0.3, 0.4) is 0 Å². The minimum atomic E-state index is -3.59. The monoisotopic (exact) mass is 435 g/mol. The lowest BCUT2D eigenvalue weighted by Crippen LogP contribution is -2.54. The summed E-state index contributed by atoms with van der Waals surface area (Å²) in [6.45, 7) is 4.06. The van der Waals surface area contributed by atoms with Crippen LogP contribution in [0.15, 0.2) is 29.4 Å². The average Bonchev–Trinajstić information content (AvgIpc) is 3.34. The van der Waals surface area contributed by atoms with Crippen LogP contribution >= 0.6 is 0 Å². The second-order valence-electron chi connectivity index (χ2n) is 8.18. The van der Waals surface area contributed by atoms with E-state index in [2.05, 4.69) is 4.98 Å². The summed E-state index contributed by atoms with van der Waals surface area (Å²) in [5.74, 6) is -0.167. The van der Waals surface area contributed by atoms with Gasteiger partial charge in [-0.1, -0.05) is 0 Å². The standard InChI is InChI=1S/C20H29N5O4S/c26-19(17-5-4-10-24(16-17)20(27)23-8-1-2-9-23)22-11-13-25(14-12-22)30(28,29)18-6-3-7-21-15-18/h3,6-7,15,17H,1-2,4-5,8-14,16H2. The van der Waals surface area contributed by atoms with E-state index >= 15 is 0 Å². The number of likely N-dealkylation sites (tertiary alicyclic amines) is 2. The number of nitrogens with zero attached hydrogens (tertiary/aromatic N) is 5. The fourth-order valence-electron chi connectivity index (χ4n) is 4.52. The molecule has 3 saturated heterocycles. The van der Waals surface area contributed by atoms with E-state index in [0.717, 1.165) is 38.8 Å². The highest BCUT2D eigenvalue weighted by molar-refractivity contribution is 7.89. The average molecular weight is 436 g/mol. The molecule has 1 atom stereocenters. The number of carbonyl (C=O) groups excluding carboxylic acids is 2. The van der Waals surface area contributed by atoms with Crippen molar-refractivity contribution >= 4 is 22.0 Å². The van der Waals surface area contributed by atoms with Gasteiger partial charge in [0.15, 0.2) is 0 Å². The Bertz CT molecular complexity index is 864. The molecule has 0 saturated carbocycles. The fourth-order valence-corrected chi connectivity index (χ4v) is 5.90. The van der Waals surface area contributed by atoms with Crippen LogP contribution in [-0.2, 0) is 14.8 Å². The van der Waals surface area contributed by atoms with Crippen LogP contribution in [0, 0.1) is 5.92 Å². The van der Waals surface area contributed by atoms with Crippen LogP contribution in [0.1, 0.15) is 25.7 Å². The summed E-state index contributed by atoms with van der Waals surface area (Å²) >= 11 is 0. The van der Waals surface area contributed by atoms with Gasteiger partial charge in [-0.05, 0) is 37.8 Å². The molecule has 9 nitrogen and oxygen atoms in total. The number of piperazine rings is 1. The summed E-state index contributed by atoms with van der Waals surface area (Å²) in [6, 6.07) is 3.19. The molecule has 164 valence electrons. The van der Waals surface area contributed by atoms with Gasteiger partial charge in [0.1, 0.15) is 4.90 Å². The molecule has 10 heteroatoms. The van der Waals surface area contributed by atoms with Gasteiger partial charge in [0.25, 0.3) is 0 Å². The summed E-state index contributed by atoms with van der Waals surface area (Å²) in [5, 5.41) is 0. The second-order valence-corrected chi connectivity index (χ2v) is 10.1.